The van der Waals surface area contributed by atoms with Crippen molar-refractivity contribution in [1.29, 1.82) is 0 Å². The minimum Gasteiger partial charge on any atom is -0.312 e. The van der Waals surface area contributed by atoms with E-state index in [2.05, 4.69) is 40.3 Å². The molecule has 0 spiro atoms. The summed E-state index contributed by atoms with van der Waals surface area (Å²) in [5.41, 5.74) is 3.78. The minimum atomic E-state index is 0.889. The molecule has 1 aliphatic heterocycles. The number of rotatable bonds is 3. The van der Waals surface area contributed by atoms with Gasteiger partial charge in [-0.05, 0) is 34.5 Å². The van der Waals surface area contributed by atoms with E-state index in [0.29, 0.717) is 0 Å². The second-order valence-electron chi connectivity index (χ2n) is 4.70. The lowest BCUT2D eigenvalue weighted by Crippen LogP contribution is -2.26. The number of halogens is 1. The molecule has 3 rings (SSSR count). The van der Waals surface area contributed by atoms with Gasteiger partial charge in [-0.15, -0.1) is 11.3 Å². The lowest BCUT2D eigenvalue weighted by atomic mass is 10.0. The molecule has 0 aliphatic carbocycles. The molecule has 1 aliphatic rings. The molecule has 1 N–H and O–H groups in total. The molecular weight excluding hydrogens is 322 g/mol. The Morgan fingerprint density at radius 2 is 2.26 bits per heavy atom. The SMILES string of the molecule is CCCc1nc(-c2ccc(Br)s2)nc2c1CNCC2. The van der Waals surface area contributed by atoms with Crippen molar-refractivity contribution in [3.8, 4) is 10.7 Å². The van der Waals surface area contributed by atoms with Crippen molar-refractivity contribution in [2.24, 2.45) is 0 Å². The summed E-state index contributed by atoms with van der Waals surface area (Å²) in [6, 6.07) is 4.15. The van der Waals surface area contributed by atoms with Crippen molar-refractivity contribution in [1.82, 2.24) is 15.3 Å². The van der Waals surface area contributed by atoms with E-state index < -0.39 is 0 Å². The highest BCUT2D eigenvalue weighted by molar-refractivity contribution is 9.11. The van der Waals surface area contributed by atoms with Gasteiger partial charge in [0.2, 0.25) is 0 Å². The third kappa shape index (κ3) is 2.73. The summed E-state index contributed by atoms with van der Waals surface area (Å²) < 4.78 is 1.13. The summed E-state index contributed by atoms with van der Waals surface area (Å²) in [4.78, 5) is 10.7. The van der Waals surface area contributed by atoms with Crippen molar-refractivity contribution in [3.05, 3.63) is 32.9 Å². The van der Waals surface area contributed by atoms with Gasteiger partial charge in [-0.2, -0.15) is 0 Å². The summed E-state index contributed by atoms with van der Waals surface area (Å²) in [5.74, 6) is 0.889. The van der Waals surface area contributed by atoms with E-state index in [-0.39, 0.29) is 0 Å². The van der Waals surface area contributed by atoms with Crippen LogP contribution in [0.4, 0.5) is 0 Å². The van der Waals surface area contributed by atoms with Gasteiger partial charge in [0.05, 0.1) is 14.4 Å². The normalized spacial score (nSPS) is 14.4. The predicted molar refractivity (Wildman–Crippen MR) is 82.5 cm³/mol. The number of fused-ring (bicyclic) bond motifs is 1. The lowest BCUT2D eigenvalue weighted by Gasteiger charge is -2.19. The van der Waals surface area contributed by atoms with Crippen LogP contribution >= 0.6 is 27.3 Å². The van der Waals surface area contributed by atoms with Crippen LogP contribution in [0.5, 0.6) is 0 Å². The molecule has 3 heterocycles. The number of hydrogen-bond acceptors (Lipinski definition) is 4. The van der Waals surface area contributed by atoms with E-state index in [1.807, 2.05) is 0 Å². The molecule has 2 aromatic rings. The van der Waals surface area contributed by atoms with Crippen molar-refractivity contribution in [2.75, 3.05) is 6.54 Å². The molecular formula is C14H16BrN3S. The minimum absolute atomic E-state index is 0.889. The number of thiophene rings is 1. The second kappa shape index (κ2) is 5.69. The standard InChI is InChI=1S/C14H16BrN3S/c1-2-3-10-9-8-16-7-6-11(9)18-14(17-10)12-4-5-13(15)19-12/h4-5,16H,2-3,6-8H2,1H3. The first-order valence-corrected chi connectivity index (χ1v) is 8.24. The molecule has 0 aromatic carbocycles. The zero-order valence-electron chi connectivity index (χ0n) is 10.9. The van der Waals surface area contributed by atoms with E-state index in [9.17, 15) is 0 Å². The van der Waals surface area contributed by atoms with Gasteiger partial charge in [-0.1, -0.05) is 13.3 Å². The Bertz CT molecular complexity index is 594. The zero-order valence-corrected chi connectivity index (χ0v) is 13.3. The monoisotopic (exact) mass is 337 g/mol. The molecule has 19 heavy (non-hydrogen) atoms. The number of nitrogens with zero attached hydrogens (tertiary/aromatic N) is 2. The maximum atomic E-state index is 4.80. The molecule has 2 aromatic heterocycles. The van der Waals surface area contributed by atoms with E-state index in [1.165, 1.54) is 17.0 Å². The van der Waals surface area contributed by atoms with E-state index >= 15 is 0 Å². The molecule has 0 saturated carbocycles. The van der Waals surface area contributed by atoms with Gasteiger partial charge in [0, 0.05) is 30.8 Å². The van der Waals surface area contributed by atoms with Crippen LogP contribution < -0.4 is 5.32 Å². The van der Waals surface area contributed by atoms with Crippen LogP contribution in [-0.2, 0) is 19.4 Å². The molecule has 0 unspecified atom stereocenters. The van der Waals surface area contributed by atoms with Crippen molar-refractivity contribution >= 4 is 27.3 Å². The highest BCUT2D eigenvalue weighted by atomic mass is 79.9. The smallest absolute Gasteiger partial charge is 0.169 e. The quantitative estimate of drug-likeness (QED) is 0.930. The number of aromatic nitrogens is 2. The molecule has 0 saturated heterocycles. The molecule has 0 radical (unpaired) electrons. The Labute approximate surface area is 125 Å². The molecule has 100 valence electrons. The topological polar surface area (TPSA) is 37.8 Å². The van der Waals surface area contributed by atoms with Crippen molar-refractivity contribution in [3.63, 3.8) is 0 Å². The van der Waals surface area contributed by atoms with E-state index in [4.69, 9.17) is 9.97 Å². The zero-order chi connectivity index (χ0) is 13.2. The predicted octanol–water partition coefficient (Wildman–Crippen LogP) is 3.57. The fourth-order valence-electron chi connectivity index (χ4n) is 2.40. The third-order valence-electron chi connectivity index (χ3n) is 3.30. The highest BCUT2D eigenvalue weighted by Crippen LogP contribution is 2.30. The number of hydrogen-bond donors (Lipinski definition) is 1. The molecule has 3 nitrogen and oxygen atoms in total. The average Bonchev–Trinajstić information content (AvgIpc) is 2.86. The Kier molecular flexibility index (Phi) is 3.96. The Morgan fingerprint density at radius 1 is 1.37 bits per heavy atom. The fourth-order valence-corrected chi connectivity index (χ4v) is 3.72. The fraction of sp³-hybridized carbons (Fsp3) is 0.429. The summed E-state index contributed by atoms with van der Waals surface area (Å²) in [6.45, 7) is 4.13. The van der Waals surface area contributed by atoms with E-state index in [1.54, 1.807) is 11.3 Å². The molecule has 5 heteroatoms. The van der Waals surface area contributed by atoms with E-state index in [0.717, 1.165) is 46.8 Å². The van der Waals surface area contributed by atoms with Gasteiger partial charge in [-0.3, -0.25) is 0 Å². The summed E-state index contributed by atoms with van der Waals surface area (Å²) in [5, 5.41) is 3.42. The Balaban J connectivity index is 2.08. The van der Waals surface area contributed by atoms with Gasteiger partial charge >= 0.3 is 0 Å². The third-order valence-corrected chi connectivity index (χ3v) is 4.92. The van der Waals surface area contributed by atoms with Crippen LogP contribution in [0.2, 0.25) is 0 Å². The summed E-state index contributed by atoms with van der Waals surface area (Å²) in [7, 11) is 0. The van der Waals surface area contributed by atoms with Crippen molar-refractivity contribution in [2.45, 2.75) is 32.7 Å². The first-order chi connectivity index (χ1) is 9.28. The largest absolute Gasteiger partial charge is 0.312 e. The molecule has 0 bridgehead atoms. The highest BCUT2D eigenvalue weighted by Gasteiger charge is 2.18. The van der Waals surface area contributed by atoms with Crippen LogP contribution in [0.1, 0.15) is 30.3 Å². The first-order valence-electron chi connectivity index (χ1n) is 6.63. The van der Waals surface area contributed by atoms with Crippen LogP contribution in [0.3, 0.4) is 0 Å². The molecule has 0 amide bonds. The maximum Gasteiger partial charge on any atom is 0.169 e. The van der Waals surface area contributed by atoms with Gasteiger partial charge in [0.15, 0.2) is 5.82 Å². The van der Waals surface area contributed by atoms with Crippen LogP contribution in [0.15, 0.2) is 15.9 Å². The second-order valence-corrected chi connectivity index (χ2v) is 7.16. The maximum absolute atomic E-state index is 4.80. The Morgan fingerprint density at radius 3 is 3.00 bits per heavy atom. The average molecular weight is 338 g/mol. The Hall–Kier alpha value is -0.780. The first kappa shape index (κ1) is 13.2. The van der Waals surface area contributed by atoms with Gasteiger partial charge in [0.1, 0.15) is 0 Å². The van der Waals surface area contributed by atoms with Crippen LogP contribution in [0, 0.1) is 0 Å². The van der Waals surface area contributed by atoms with Gasteiger partial charge in [0.25, 0.3) is 0 Å². The summed E-state index contributed by atoms with van der Waals surface area (Å²) in [6.07, 6.45) is 3.16. The van der Waals surface area contributed by atoms with Gasteiger partial charge < -0.3 is 5.32 Å². The van der Waals surface area contributed by atoms with Crippen LogP contribution in [0.25, 0.3) is 10.7 Å². The number of nitrogens with one attached hydrogen (secondary N) is 1. The van der Waals surface area contributed by atoms with Crippen LogP contribution in [-0.4, -0.2) is 16.5 Å². The molecule has 0 fully saturated rings. The van der Waals surface area contributed by atoms with Crippen molar-refractivity contribution < 1.29 is 0 Å². The summed E-state index contributed by atoms with van der Waals surface area (Å²) >= 11 is 5.20. The lowest BCUT2D eigenvalue weighted by molar-refractivity contribution is 0.615. The molecule has 0 atom stereocenters. The number of aryl methyl sites for hydroxylation is 1. The van der Waals surface area contributed by atoms with Gasteiger partial charge in [-0.25, -0.2) is 9.97 Å².